The Morgan fingerprint density at radius 3 is 2.76 bits per heavy atom. The van der Waals surface area contributed by atoms with Crippen molar-refractivity contribution in [3.8, 4) is 11.9 Å². The lowest BCUT2D eigenvalue weighted by Gasteiger charge is -2.28. The van der Waals surface area contributed by atoms with Gasteiger partial charge in [-0.15, -0.1) is 0 Å². The number of halogens is 3. The maximum atomic E-state index is 14.3. The smallest absolute Gasteiger partial charge is 0.247 e. The van der Waals surface area contributed by atoms with Gasteiger partial charge in [-0.05, 0) is 30.7 Å². The van der Waals surface area contributed by atoms with E-state index in [2.05, 4.69) is 0 Å². The fourth-order valence-corrected chi connectivity index (χ4v) is 5.34. The van der Waals surface area contributed by atoms with Gasteiger partial charge in [0.15, 0.2) is 17.8 Å². The van der Waals surface area contributed by atoms with Crippen molar-refractivity contribution in [3.63, 3.8) is 0 Å². The second-order valence-corrected chi connectivity index (χ2v) is 8.84. The highest BCUT2D eigenvalue weighted by molar-refractivity contribution is 7.89. The maximum Gasteiger partial charge on any atom is 0.247 e. The van der Waals surface area contributed by atoms with E-state index in [9.17, 15) is 17.2 Å². The lowest BCUT2D eigenvalue weighted by atomic mass is 10.2. The fourth-order valence-electron chi connectivity index (χ4n) is 3.29. The standard InChI is InChI=1S/C19H18ClF2N3O3S/c1-28-17-6-5-14(20)9-18(17)29(26,27)25(15-7-8-24(11-15)12-23)10-13-3-2-4-16(21)19(13)22/h2-6,9,15H,7-8,10-11H2,1H3/t15-/m1/s1. The number of sulfonamides is 1. The largest absolute Gasteiger partial charge is 0.495 e. The van der Waals surface area contributed by atoms with Crippen molar-refractivity contribution in [3.05, 3.63) is 58.6 Å². The number of likely N-dealkylation sites (tertiary alicyclic amines) is 1. The van der Waals surface area contributed by atoms with Crippen LogP contribution in [0.25, 0.3) is 0 Å². The summed E-state index contributed by atoms with van der Waals surface area (Å²) in [6, 6.07) is 7.16. The first-order valence-corrected chi connectivity index (χ1v) is 10.5. The Morgan fingerprint density at radius 2 is 2.10 bits per heavy atom. The Balaban J connectivity index is 2.09. The van der Waals surface area contributed by atoms with Crippen LogP contribution in [0.1, 0.15) is 12.0 Å². The molecule has 10 heteroatoms. The molecule has 1 fully saturated rings. The zero-order chi connectivity index (χ0) is 21.2. The van der Waals surface area contributed by atoms with Crippen LogP contribution < -0.4 is 4.74 Å². The van der Waals surface area contributed by atoms with Crippen LogP contribution in [0.5, 0.6) is 5.75 Å². The molecule has 1 atom stereocenters. The lowest BCUT2D eigenvalue weighted by molar-refractivity contribution is 0.307. The minimum absolute atomic E-state index is 0.0780. The first kappa shape index (κ1) is 21.3. The van der Waals surface area contributed by atoms with Crippen molar-refractivity contribution < 1.29 is 21.9 Å². The van der Waals surface area contributed by atoms with Gasteiger partial charge in [-0.2, -0.15) is 9.57 Å². The molecule has 0 amide bonds. The summed E-state index contributed by atoms with van der Waals surface area (Å²) >= 11 is 6.00. The summed E-state index contributed by atoms with van der Waals surface area (Å²) in [5.41, 5.74) is -0.107. The molecule has 0 N–H and O–H groups in total. The maximum absolute atomic E-state index is 14.3. The predicted octanol–water partition coefficient (Wildman–Crippen LogP) is 3.37. The van der Waals surface area contributed by atoms with Crippen LogP contribution in [0.15, 0.2) is 41.3 Å². The molecule has 154 valence electrons. The van der Waals surface area contributed by atoms with Crippen LogP contribution >= 0.6 is 11.6 Å². The van der Waals surface area contributed by atoms with Crippen molar-refractivity contribution >= 4 is 21.6 Å². The van der Waals surface area contributed by atoms with Crippen LogP contribution in [-0.2, 0) is 16.6 Å². The molecule has 0 aliphatic carbocycles. The van der Waals surface area contributed by atoms with Gasteiger partial charge in [0.1, 0.15) is 10.6 Å². The Morgan fingerprint density at radius 1 is 1.34 bits per heavy atom. The first-order valence-electron chi connectivity index (χ1n) is 8.71. The van der Waals surface area contributed by atoms with E-state index in [1.807, 2.05) is 6.19 Å². The second kappa shape index (κ2) is 8.53. The summed E-state index contributed by atoms with van der Waals surface area (Å²) in [6.07, 6.45) is 2.36. The molecule has 0 saturated carbocycles. The van der Waals surface area contributed by atoms with Crippen molar-refractivity contribution in [1.82, 2.24) is 9.21 Å². The fraction of sp³-hybridized carbons (Fsp3) is 0.316. The molecule has 0 radical (unpaired) electrons. The summed E-state index contributed by atoms with van der Waals surface area (Å²) in [4.78, 5) is 1.24. The molecule has 1 aliphatic heterocycles. The van der Waals surface area contributed by atoms with Crippen LogP contribution in [0.3, 0.4) is 0 Å². The third-order valence-corrected chi connectivity index (χ3v) is 6.94. The third kappa shape index (κ3) is 4.29. The zero-order valence-corrected chi connectivity index (χ0v) is 17.1. The lowest BCUT2D eigenvalue weighted by Crippen LogP contribution is -2.41. The average Bonchev–Trinajstić information content (AvgIpc) is 3.17. The van der Waals surface area contributed by atoms with E-state index in [0.29, 0.717) is 13.0 Å². The van der Waals surface area contributed by atoms with Gasteiger partial charge < -0.3 is 9.64 Å². The normalized spacial score (nSPS) is 16.8. The highest BCUT2D eigenvalue weighted by Gasteiger charge is 2.38. The number of methoxy groups -OCH3 is 1. The molecule has 1 heterocycles. The predicted molar refractivity (Wildman–Crippen MR) is 103 cm³/mol. The van der Waals surface area contributed by atoms with Gasteiger partial charge in [-0.25, -0.2) is 17.2 Å². The molecular weight excluding hydrogens is 424 g/mol. The summed E-state index contributed by atoms with van der Waals surface area (Å²) in [5.74, 6) is -2.10. The van der Waals surface area contributed by atoms with Gasteiger partial charge in [0, 0.05) is 36.3 Å². The SMILES string of the molecule is COc1ccc(Cl)cc1S(=O)(=O)N(Cc1cccc(F)c1F)[C@@H]1CCN(C#N)C1. The number of nitrogens with zero attached hydrogens (tertiary/aromatic N) is 3. The summed E-state index contributed by atoms with van der Waals surface area (Å²) in [5, 5.41) is 9.32. The Bertz CT molecular complexity index is 1060. The molecule has 1 saturated heterocycles. The minimum atomic E-state index is -4.21. The molecule has 3 rings (SSSR count). The molecule has 2 aromatic carbocycles. The van der Waals surface area contributed by atoms with Gasteiger partial charge >= 0.3 is 0 Å². The van der Waals surface area contributed by atoms with Crippen molar-refractivity contribution in [1.29, 1.82) is 5.26 Å². The first-order chi connectivity index (χ1) is 13.8. The number of hydrogen-bond acceptors (Lipinski definition) is 5. The number of nitriles is 1. The summed E-state index contributed by atoms with van der Waals surface area (Å²) in [7, 11) is -2.89. The number of hydrogen-bond donors (Lipinski definition) is 0. The highest BCUT2D eigenvalue weighted by Crippen LogP contribution is 2.33. The van der Waals surface area contributed by atoms with E-state index in [4.69, 9.17) is 21.6 Å². The van der Waals surface area contributed by atoms with Crippen LogP contribution in [0, 0.1) is 23.1 Å². The summed E-state index contributed by atoms with van der Waals surface area (Å²) in [6.45, 7) is 0.118. The quantitative estimate of drug-likeness (QED) is 0.642. The number of ether oxygens (including phenoxy) is 1. The Kier molecular flexibility index (Phi) is 6.27. The number of benzene rings is 2. The van der Waals surface area contributed by atoms with Crippen molar-refractivity contribution in [2.24, 2.45) is 0 Å². The Hall–Kier alpha value is -2.41. The van der Waals surface area contributed by atoms with Crippen LogP contribution in [0.2, 0.25) is 5.02 Å². The van der Waals surface area contributed by atoms with Crippen molar-refractivity contribution in [2.45, 2.75) is 23.9 Å². The van der Waals surface area contributed by atoms with E-state index in [1.165, 1.54) is 42.3 Å². The molecular formula is C19H18ClF2N3O3S. The minimum Gasteiger partial charge on any atom is -0.495 e. The molecule has 0 unspecified atom stereocenters. The van der Waals surface area contributed by atoms with Gasteiger partial charge in [0.2, 0.25) is 10.0 Å². The average molecular weight is 442 g/mol. The van der Waals surface area contributed by atoms with Gasteiger partial charge in [0.05, 0.1) is 7.11 Å². The molecule has 6 nitrogen and oxygen atoms in total. The summed E-state index contributed by atoms with van der Waals surface area (Å²) < 4.78 is 61.3. The molecule has 0 aromatic heterocycles. The Labute approximate surface area is 172 Å². The van der Waals surface area contributed by atoms with E-state index < -0.39 is 34.2 Å². The second-order valence-electron chi connectivity index (χ2n) is 6.55. The highest BCUT2D eigenvalue weighted by atomic mass is 35.5. The molecule has 29 heavy (non-hydrogen) atoms. The van der Waals surface area contributed by atoms with E-state index in [0.717, 1.165) is 10.4 Å². The molecule has 0 spiro atoms. The molecule has 2 aromatic rings. The van der Waals surface area contributed by atoms with E-state index in [1.54, 1.807) is 0 Å². The van der Waals surface area contributed by atoms with E-state index in [-0.39, 0.29) is 27.8 Å². The van der Waals surface area contributed by atoms with Gasteiger partial charge in [-0.1, -0.05) is 23.7 Å². The van der Waals surface area contributed by atoms with E-state index >= 15 is 0 Å². The third-order valence-electron chi connectivity index (χ3n) is 4.78. The van der Waals surface area contributed by atoms with Crippen molar-refractivity contribution in [2.75, 3.05) is 20.2 Å². The molecule has 1 aliphatic rings. The molecule has 0 bridgehead atoms. The van der Waals surface area contributed by atoms with Gasteiger partial charge in [0.25, 0.3) is 0 Å². The number of rotatable bonds is 6. The monoisotopic (exact) mass is 441 g/mol. The van der Waals surface area contributed by atoms with Crippen LogP contribution in [-0.4, -0.2) is 43.9 Å². The van der Waals surface area contributed by atoms with Gasteiger partial charge in [-0.3, -0.25) is 0 Å². The zero-order valence-electron chi connectivity index (χ0n) is 15.5. The topological polar surface area (TPSA) is 73.6 Å². The van der Waals surface area contributed by atoms with Crippen LogP contribution in [0.4, 0.5) is 8.78 Å².